The van der Waals surface area contributed by atoms with Gasteiger partial charge in [-0.05, 0) is 43.5 Å². The normalized spacial score (nSPS) is 14.4. The van der Waals surface area contributed by atoms with Crippen LogP contribution in [0, 0.1) is 5.92 Å². The third-order valence-corrected chi connectivity index (χ3v) is 6.68. The fraction of sp³-hybridized carbons (Fsp3) is 0.375. The van der Waals surface area contributed by atoms with Crippen molar-refractivity contribution < 1.29 is 19.1 Å². The van der Waals surface area contributed by atoms with E-state index >= 15 is 0 Å². The molecule has 1 aromatic heterocycles. The fourth-order valence-corrected chi connectivity index (χ4v) is 4.88. The van der Waals surface area contributed by atoms with Gasteiger partial charge in [-0.25, -0.2) is 9.78 Å². The second-order valence-corrected chi connectivity index (χ2v) is 8.71. The summed E-state index contributed by atoms with van der Waals surface area (Å²) in [4.78, 5) is 33.9. The fourth-order valence-electron chi connectivity index (χ4n) is 3.89. The number of hydrogen-bond acceptors (Lipinski definition) is 6. The molecule has 0 spiro atoms. The molecule has 0 aliphatic carbocycles. The predicted octanol–water partition coefficient (Wildman–Crippen LogP) is 4.71. The lowest BCUT2D eigenvalue weighted by Gasteiger charge is -2.33. The largest absolute Gasteiger partial charge is 0.497 e. The molecule has 0 unspecified atom stereocenters. The third kappa shape index (κ3) is 4.85. The highest BCUT2D eigenvalue weighted by molar-refractivity contribution is 7.22. The van der Waals surface area contributed by atoms with E-state index in [0.717, 1.165) is 21.5 Å². The molecule has 0 saturated carbocycles. The summed E-state index contributed by atoms with van der Waals surface area (Å²) in [7, 11) is 1.64. The molecule has 0 bridgehead atoms. The molecule has 32 heavy (non-hydrogen) atoms. The van der Waals surface area contributed by atoms with Crippen molar-refractivity contribution in [1.29, 1.82) is 0 Å². The van der Waals surface area contributed by atoms with Crippen LogP contribution in [0.3, 0.4) is 0 Å². The molecule has 1 fully saturated rings. The minimum atomic E-state index is -0.306. The smallest absolute Gasteiger partial charge is 0.409 e. The number of piperidine rings is 1. The zero-order chi connectivity index (χ0) is 22.5. The number of nitrogens with zero attached hydrogens (tertiary/aromatic N) is 3. The van der Waals surface area contributed by atoms with Crippen LogP contribution in [0.25, 0.3) is 10.2 Å². The van der Waals surface area contributed by atoms with Crippen LogP contribution in [0.2, 0.25) is 0 Å². The van der Waals surface area contributed by atoms with Crippen LogP contribution in [0.4, 0.5) is 9.93 Å². The summed E-state index contributed by atoms with van der Waals surface area (Å²) in [6, 6.07) is 15.7. The highest BCUT2D eigenvalue weighted by Crippen LogP contribution is 2.34. The summed E-state index contributed by atoms with van der Waals surface area (Å²) in [6.07, 6.45) is 0.920. The minimum Gasteiger partial charge on any atom is -0.497 e. The molecule has 0 atom stereocenters. The molecule has 2 aromatic carbocycles. The molecule has 2 amide bonds. The maximum Gasteiger partial charge on any atom is 0.409 e. The Balaban J connectivity index is 1.57. The highest BCUT2D eigenvalue weighted by atomic mass is 32.1. The Labute approximate surface area is 191 Å². The van der Waals surface area contributed by atoms with E-state index in [0.29, 0.717) is 44.2 Å². The Kier molecular flexibility index (Phi) is 6.90. The van der Waals surface area contributed by atoms with Crippen LogP contribution in [-0.4, -0.2) is 48.7 Å². The first-order valence-corrected chi connectivity index (χ1v) is 11.6. The molecule has 1 aliphatic heterocycles. The Morgan fingerprint density at radius 2 is 1.91 bits per heavy atom. The molecule has 0 radical (unpaired) electrons. The molecule has 2 heterocycles. The molecule has 1 aliphatic rings. The van der Waals surface area contributed by atoms with E-state index in [1.54, 1.807) is 23.8 Å². The lowest BCUT2D eigenvalue weighted by atomic mass is 9.95. The van der Waals surface area contributed by atoms with Crippen LogP contribution >= 0.6 is 11.3 Å². The number of methoxy groups -OCH3 is 1. The van der Waals surface area contributed by atoms with Crippen molar-refractivity contribution >= 4 is 38.7 Å². The first kappa shape index (κ1) is 22.1. The van der Waals surface area contributed by atoms with E-state index in [1.807, 2.05) is 48.5 Å². The number of likely N-dealkylation sites (tertiary alicyclic amines) is 1. The van der Waals surface area contributed by atoms with Crippen LogP contribution in [0.1, 0.15) is 25.3 Å². The first-order chi connectivity index (χ1) is 15.6. The molecule has 4 rings (SSSR count). The molecular weight excluding hydrogens is 426 g/mol. The number of hydrogen-bond donors (Lipinski definition) is 0. The number of thiazole rings is 1. The summed E-state index contributed by atoms with van der Waals surface area (Å²) in [6.45, 7) is 3.64. The Hall–Kier alpha value is -3.13. The van der Waals surface area contributed by atoms with Gasteiger partial charge in [0, 0.05) is 19.0 Å². The van der Waals surface area contributed by atoms with Crippen LogP contribution in [0.15, 0.2) is 48.5 Å². The van der Waals surface area contributed by atoms with Gasteiger partial charge in [0.15, 0.2) is 5.13 Å². The number of benzene rings is 2. The van der Waals surface area contributed by atoms with Crippen molar-refractivity contribution in [2.24, 2.45) is 5.92 Å². The van der Waals surface area contributed by atoms with Crippen molar-refractivity contribution in [3.63, 3.8) is 0 Å². The Bertz CT molecular complexity index is 1080. The van der Waals surface area contributed by atoms with Gasteiger partial charge in [-0.3, -0.25) is 9.69 Å². The van der Waals surface area contributed by atoms with Gasteiger partial charge in [-0.1, -0.05) is 41.7 Å². The molecule has 0 N–H and O–H groups in total. The van der Waals surface area contributed by atoms with Crippen molar-refractivity contribution in [3.8, 4) is 5.75 Å². The Morgan fingerprint density at radius 3 is 2.59 bits per heavy atom. The summed E-state index contributed by atoms with van der Waals surface area (Å²) in [5.74, 6) is 0.647. The lowest BCUT2D eigenvalue weighted by molar-refractivity contribution is -0.123. The maximum atomic E-state index is 13.6. The van der Waals surface area contributed by atoms with E-state index < -0.39 is 0 Å². The lowest BCUT2D eigenvalue weighted by Crippen LogP contribution is -2.44. The third-order valence-electron chi connectivity index (χ3n) is 5.63. The van der Waals surface area contributed by atoms with Crippen molar-refractivity contribution in [3.05, 3.63) is 54.1 Å². The van der Waals surface area contributed by atoms with Crippen LogP contribution in [-0.2, 0) is 16.1 Å². The average Bonchev–Trinajstić information content (AvgIpc) is 3.26. The van der Waals surface area contributed by atoms with Crippen molar-refractivity contribution in [2.45, 2.75) is 26.3 Å². The zero-order valence-corrected chi connectivity index (χ0v) is 19.1. The van der Waals surface area contributed by atoms with Gasteiger partial charge >= 0.3 is 6.09 Å². The van der Waals surface area contributed by atoms with Gasteiger partial charge in [0.2, 0.25) is 5.91 Å². The van der Waals surface area contributed by atoms with Crippen LogP contribution < -0.4 is 9.64 Å². The number of anilines is 1. The molecule has 8 heteroatoms. The van der Waals surface area contributed by atoms with Gasteiger partial charge in [-0.2, -0.15) is 0 Å². The van der Waals surface area contributed by atoms with E-state index in [2.05, 4.69) is 0 Å². The predicted molar refractivity (Wildman–Crippen MR) is 125 cm³/mol. The standard InChI is InChI=1S/C24H27N3O4S/c1-3-31-24(29)26-13-11-18(12-14-26)22(28)27(16-17-7-5-4-6-8-17)23-25-20-10-9-19(30-2)15-21(20)32-23/h4-10,15,18H,3,11-14,16H2,1-2H3. The average molecular weight is 454 g/mol. The number of carbonyl (C=O) groups is 2. The molecule has 168 valence electrons. The number of rotatable bonds is 6. The van der Waals surface area contributed by atoms with E-state index in [-0.39, 0.29) is 17.9 Å². The van der Waals surface area contributed by atoms with Gasteiger partial charge in [-0.15, -0.1) is 0 Å². The summed E-state index contributed by atoms with van der Waals surface area (Å²) >= 11 is 1.49. The van der Waals surface area contributed by atoms with Crippen molar-refractivity contribution in [1.82, 2.24) is 9.88 Å². The van der Waals surface area contributed by atoms with Crippen molar-refractivity contribution in [2.75, 3.05) is 31.7 Å². The number of ether oxygens (including phenoxy) is 2. The van der Waals surface area contributed by atoms with Crippen LogP contribution in [0.5, 0.6) is 5.75 Å². The summed E-state index contributed by atoms with van der Waals surface area (Å²) in [5, 5.41) is 0.676. The molecule has 3 aromatic rings. The molecule has 7 nitrogen and oxygen atoms in total. The number of fused-ring (bicyclic) bond motifs is 1. The second-order valence-electron chi connectivity index (χ2n) is 7.70. The summed E-state index contributed by atoms with van der Waals surface area (Å²) in [5.41, 5.74) is 1.88. The SMILES string of the molecule is CCOC(=O)N1CCC(C(=O)N(Cc2ccccc2)c2nc3ccc(OC)cc3s2)CC1. The number of aromatic nitrogens is 1. The van der Waals surface area contributed by atoms with E-state index in [9.17, 15) is 9.59 Å². The first-order valence-electron chi connectivity index (χ1n) is 10.8. The second kappa shape index (κ2) is 9.99. The molecular formula is C24H27N3O4S. The summed E-state index contributed by atoms with van der Waals surface area (Å²) < 4.78 is 11.4. The van der Waals surface area contributed by atoms with E-state index in [1.165, 1.54) is 11.3 Å². The maximum absolute atomic E-state index is 13.6. The molecule has 1 saturated heterocycles. The number of amides is 2. The van der Waals surface area contributed by atoms with E-state index in [4.69, 9.17) is 14.5 Å². The van der Waals surface area contributed by atoms with Gasteiger partial charge in [0.05, 0.1) is 30.5 Å². The zero-order valence-electron chi connectivity index (χ0n) is 18.3. The number of carbonyl (C=O) groups excluding carboxylic acids is 2. The quantitative estimate of drug-likeness (QED) is 0.541. The minimum absolute atomic E-state index is 0.0448. The topological polar surface area (TPSA) is 72.0 Å². The monoisotopic (exact) mass is 453 g/mol. The van der Waals surface area contributed by atoms with Gasteiger partial charge in [0.25, 0.3) is 0 Å². The highest BCUT2D eigenvalue weighted by Gasteiger charge is 2.32. The van der Waals surface area contributed by atoms with Gasteiger partial charge < -0.3 is 14.4 Å². The van der Waals surface area contributed by atoms with Gasteiger partial charge in [0.1, 0.15) is 5.75 Å². The Morgan fingerprint density at radius 1 is 1.16 bits per heavy atom.